The van der Waals surface area contributed by atoms with Gasteiger partial charge < -0.3 is 14.2 Å². The topological polar surface area (TPSA) is 70.8 Å². The predicted molar refractivity (Wildman–Crippen MR) is 74.8 cm³/mol. The van der Waals surface area contributed by atoms with E-state index >= 15 is 0 Å². The highest BCUT2D eigenvalue weighted by Gasteiger charge is 2.40. The van der Waals surface area contributed by atoms with Gasteiger partial charge in [-0.25, -0.2) is 0 Å². The van der Waals surface area contributed by atoms with E-state index in [0.717, 1.165) is 25.7 Å². The third-order valence-corrected chi connectivity index (χ3v) is 4.17. The SMILES string of the molecule is O=[N+]([O-])c1ccccc1COC1CCC2(CC1)OCCO2. The average Bonchev–Trinajstić information content (AvgIpc) is 2.95. The average molecular weight is 293 g/mol. The Balaban J connectivity index is 1.54. The van der Waals surface area contributed by atoms with Crippen LogP contribution >= 0.6 is 0 Å². The molecular formula is C15H19NO5. The van der Waals surface area contributed by atoms with Crippen LogP contribution in [0.5, 0.6) is 0 Å². The second kappa shape index (κ2) is 6.09. The van der Waals surface area contributed by atoms with Gasteiger partial charge in [-0.2, -0.15) is 0 Å². The van der Waals surface area contributed by atoms with Crippen molar-refractivity contribution in [1.82, 2.24) is 0 Å². The highest BCUT2D eigenvalue weighted by atomic mass is 16.7. The smallest absolute Gasteiger partial charge is 0.274 e. The molecule has 0 atom stereocenters. The van der Waals surface area contributed by atoms with E-state index in [2.05, 4.69) is 0 Å². The first-order valence-corrected chi connectivity index (χ1v) is 7.30. The fourth-order valence-corrected chi connectivity index (χ4v) is 3.00. The normalized spacial score (nSPS) is 21.7. The maximum atomic E-state index is 11.0. The third kappa shape index (κ3) is 3.23. The number of nitro benzene ring substituents is 1. The lowest BCUT2D eigenvalue weighted by Crippen LogP contribution is -2.37. The fraction of sp³-hybridized carbons (Fsp3) is 0.600. The summed E-state index contributed by atoms with van der Waals surface area (Å²) in [6.07, 6.45) is 3.49. The van der Waals surface area contributed by atoms with Crippen LogP contribution in [0, 0.1) is 10.1 Å². The molecule has 1 aliphatic heterocycles. The Kier molecular flexibility index (Phi) is 4.19. The molecule has 0 aromatic heterocycles. The van der Waals surface area contributed by atoms with Crippen LogP contribution in [0.4, 0.5) is 5.69 Å². The van der Waals surface area contributed by atoms with Gasteiger partial charge in [0.15, 0.2) is 5.79 Å². The van der Waals surface area contributed by atoms with E-state index in [1.807, 2.05) is 0 Å². The zero-order valence-electron chi connectivity index (χ0n) is 11.8. The van der Waals surface area contributed by atoms with E-state index < -0.39 is 5.79 Å². The van der Waals surface area contributed by atoms with E-state index in [9.17, 15) is 10.1 Å². The van der Waals surface area contributed by atoms with Crippen LogP contribution in [0.2, 0.25) is 0 Å². The Morgan fingerprint density at radius 2 is 1.90 bits per heavy atom. The Hall–Kier alpha value is -1.50. The van der Waals surface area contributed by atoms with Gasteiger partial charge in [0.1, 0.15) is 0 Å². The summed E-state index contributed by atoms with van der Waals surface area (Å²) < 4.78 is 17.2. The standard InChI is InChI=1S/C15H19NO5/c17-16(18)14-4-2-1-3-12(14)11-19-13-5-7-15(8-6-13)20-9-10-21-15/h1-4,13H,5-11H2. The number of rotatable bonds is 4. The van der Waals surface area contributed by atoms with Gasteiger partial charge in [-0.3, -0.25) is 10.1 Å². The number of nitrogens with zero attached hydrogens (tertiary/aromatic N) is 1. The Morgan fingerprint density at radius 1 is 1.24 bits per heavy atom. The van der Waals surface area contributed by atoms with Crippen molar-refractivity contribution in [1.29, 1.82) is 0 Å². The minimum atomic E-state index is -0.390. The van der Waals surface area contributed by atoms with Crippen LogP contribution in [0.25, 0.3) is 0 Å². The van der Waals surface area contributed by atoms with Crippen molar-refractivity contribution in [2.24, 2.45) is 0 Å². The maximum Gasteiger partial charge on any atom is 0.274 e. The zero-order chi connectivity index (χ0) is 14.7. The molecule has 1 aromatic rings. The molecule has 2 fully saturated rings. The summed E-state index contributed by atoms with van der Waals surface area (Å²) in [5.41, 5.74) is 0.739. The molecule has 1 saturated carbocycles. The molecule has 3 rings (SSSR count). The Bertz CT molecular complexity index is 503. The van der Waals surface area contributed by atoms with Crippen molar-refractivity contribution in [2.45, 2.75) is 44.2 Å². The zero-order valence-corrected chi connectivity index (χ0v) is 11.8. The van der Waals surface area contributed by atoms with E-state index in [-0.39, 0.29) is 23.3 Å². The lowest BCUT2D eigenvalue weighted by atomic mass is 9.92. The van der Waals surface area contributed by atoms with Crippen LogP contribution < -0.4 is 0 Å². The summed E-state index contributed by atoms with van der Waals surface area (Å²) in [6, 6.07) is 6.71. The maximum absolute atomic E-state index is 11.0. The van der Waals surface area contributed by atoms with Crippen molar-refractivity contribution >= 4 is 5.69 Å². The van der Waals surface area contributed by atoms with Gasteiger partial charge in [0.05, 0.1) is 36.4 Å². The van der Waals surface area contributed by atoms with E-state index in [1.165, 1.54) is 6.07 Å². The molecule has 114 valence electrons. The minimum Gasteiger partial charge on any atom is -0.373 e. The van der Waals surface area contributed by atoms with Crippen molar-refractivity contribution in [3.8, 4) is 0 Å². The third-order valence-electron chi connectivity index (χ3n) is 4.17. The second-order valence-electron chi connectivity index (χ2n) is 5.50. The molecular weight excluding hydrogens is 274 g/mol. The summed E-state index contributed by atoms with van der Waals surface area (Å²) >= 11 is 0. The van der Waals surface area contributed by atoms with Crippen LogP contribution in [0.1, 0.15) is 31.2 Å². The number of nitro groups is 1. The molecule has 0 unspecified atom stereocenters. The van der Waals surface area contributed by atoms with Crippen LogP contribution in [-0.4, -0.2) is 30.0 Å². The highest BCUT2D eigenvalue weighted by Crippen LogP contribution is 2.37. The van der Waals surface area contributed by atoms with Crippen molar-refractivity contribution in [3.63, 3.8) is 0 Å². The first-order valence-electron chi connectivity index (χ1n) is 7.30. The molecule has 1 heterocycles. The van der Waals surface area contributed by atoms with Gasteiger partial charge in [-0.1, -0.05) is 12.1 Å². The number of ether oxygens (including phenoxy) is 3. The summed E-state index contributed by atoms with van der Waals surface area (Å²) in [6.45, 7) is 1.61. The molecule has 6 nitrogen and oxygen atoms in total. The van der Waals surface area contributed by atoms with Crippen molar-refractivity contribution in [3.05, 3.63) is 39.9 Å². The van der Waals surface area contributed by atoms with Gasteiger partial charge in [-0.15, -0.1) is 0 Å². The monoisotopic (exact) mass is 293 g/mol. The summed E-state index contributed by atoms with van der Waals surface area (Å²) in [7, 11) is 0. The lowest BCUT2D eigenvalue weighted by Gasteiger charge is -2.35. The fourth-order valence-electron chi connectivity index (χ4n) is 3.00. The molecule has 1 saturated heterocycles. The molecule has 1 aliphatic carbocycles. The predicted octanol–water partition coefficient (Wildman–Crippen LogP) is 2.80. The first kappa shape index (κ1) is 14.4. The number of hydrogen-bond acceptors (Lipinski definition) is 5. The van der Waals surface area contributed by atoms with Gasteiger partial charge in [0.25, 0.3) is 5.69 Å². The van der Waals surface area contributed by atoms with Gasteiger partial charge in [0.2, 0.25) is 0 Å². The molecule has 0 radical (unpaired) electrons. The van der Waals surface area contributed by atoms with Crippen LogP contribution in [-0.2, 0) is 20.8 Å². The molecule has 6 heteroatoms. The molecule has 0 amide bonds. The first-order chi connectivity index (χ1) is 10.2. The molecule has 0 N–H and O–H groups in total. The molecule has 21 heavy (non-hydrogen) atoms. The van der Waals surface area contributed by atoms with Gasteiger partial charge in [0, 0.05) is 18.9 Å². The minimum absolute atomic E-state index is 0.114. The van der Waals surface area contributed by atoms with E-state index in [4.69, 9.17) is 14.2 Å². The Morgan fingerprint density at radius 3 is 2.57 bits per heavy atom. The van der Waals surface area contributed by atoms with E-state index in [0.29, 0.717) is 18.8 Å². The van der Waals surface area contributed by atoms with Gasteiger partial charge >= 0.3 is 0 Å². The molecule has 1 aromatic carbocycles. The summed E-state index contributed by atoms with van der Waals surface area (Å²) in [5, 5.41) is 11.0. The molecule has 1 spiro atoms. The Labute approximate surface area is 123 Å². The highest BCUT2D eigenvalue weighted by molar-refractivity contribution is 5.39. The quantitative estimate of drug-likeness (QED) is 0.630. The lowest BCUT2D eigenvalue weighted by molar-refractivity contribution is -0.386. The molecule has 0 bridgehead atoms. The van der Waals surface area contributed by atoms with Crippen molar-refractivity contribution in [2.75, 3.05) is 13.2 Å². The largest absolute Gasteiger partial charge is 0.373 e. The summed E-state index contributed by atoms with van der Waals surface area (Å²) in [4.78, 5) is 10.6. The van der Waals surface area contributed by atoms with E-state index in [1.54, 1.807) is 18.2 Å². The van der Waals surface area contributed by atoms with Crippen LogP contribution in [0.3, 0.4) is 0 Å². The molecule has 2 aliphatic rings. The summed E-state index contributed by atoms with van der Waals surface area (Å²) in [5.74, 6) is -0.390. The second-order valence-corrected chi connectivity index (χ2v) is 5.50. The van der Waals surface area contributed by atoms with Crippen molar-refractivity contribution < 1.29 is 19.1 Å². The number of benzene rings is 1. The number of hydrogen-bond donors (Lipinski definition) is 0. The number of para-hydroxylation sites is 1. The van der Waals surface area contributed by atoms with Crippen LogP contribution in [0.15, 0.2) is 24.3 Å². The van der Waals surface area contributed by atoms with Gasteiger partial charge in [-0.05, 0) is 18.9 Å².